The third kappa shape index (κ3) is 7.66. The van der Waals surface area contributed by atoms with Crippen molar-refractivity contribution in [3.05, 3.63) is 0 Å². The van der Waals surface area contributed by atoms with Gasteiger partial charge in [-0.1, -0.05) is 13.8 Å². The molecule has 44 heavy (non-hydrogen) atoms. The van der Waals surface area contributed by atoms with E-state index in [2.05, 4.69) is 6.92 Å². The molecule has 4 rings (SSSR count). The zero-order chi connectivity index (χ0) is 32.6. The molecule has 0 aromatic heterocycles. The lowest BCUT2D eigenvalue weighted by atomic mass is 9.59. The van der Waals surface area contributed by atoms with Crippen LogP contribution >= 0.6 is 0 Å². The molecule has 0 radical (unpaired) electrons. The first kappa shape index (κ1) is 34.8. The Morgan fingerprint density at radius 1 is 0.795 bits per heavy atom. The Bertz CT molecular complexity index is 1070. The average molecular weight is 623 g/mol. The van der Waals surface area contributed by atoms with Crippen molar-refractivity contribution < 1.29 is 47.6 Å². The van der Waals surface area contributed by atoms with Crippen molar-refractivity contribution in [1.82, 2.24) is 0 Å². The molecule has 4 aliphatic rings. The predicted octanol–water partition coefficient (Wildman–Crippen LogP) is 4.61. The number of fused-ring (bicyclic) bond motifs is 2. The summed E-state index contributed by atoms with van der Waals surface area (Å²) >= 11 is 0. The summed E-state index contributed by atoms with van der Waals surface area (Å²) in [6.45, 7) is 19.3. The Hall–Kier alpha value is -2.04. The topological polar surface area (TPSA) is 124 Å². The molecule has 10 atom stereocenters. The highest BCUT2D eigenvalue weighted by Crippen LogP contribution is 2.63. The van der Waals surface area contributed by atoms with E-state index in [0.717, 1.165) is 6.42 Å². The summed E-state index contributed by atoms with van der Waals surface area (Å²) in [5, 5.41) is 0. The molecule has 4 fully saturated rings. The van der Waals surface area contributed by atoms with Gasteiger partial charge in [-0.2, -0.15) is 0 Å². The maximum atomic E-state index is 14.4. The predicted molar refractivity (Wildman–Crippen MR) is 160 cm³/mol. The summed E-state index contributed by atoms with van der Waals surface area (Å²) in [6.07, 6.45) is 1.68. The largest absolute Gasteiger partial charge is 0.460 e. The molecule has 0 spiro atoms. The van der Waals surface area contributed by atoms with Crippen LogP contribution in [0.15, 0.2) is 0 Å². The molecule has 2 saturated carbocycles. The minimum Gasteiger partial charge on any atom is -0.460 e. The quantitative estimate of drug-likeness (QED) is 0.236. The number of hydrogen-bond acceptors (Lipinski definition) is 10. The fraction of sp³-hybridized carbons (Fsp3) is 0.882. The van der Waals surface area contributed by atoms with Crippen LogP contribution in [-0.2, 0) is 47.6 Å². The van der Waals surface area contributed by atoms with Crippen LogP contribution in [0.2, 0.25) is 0 Å². The van der Waals surface area contributed by atoms with E-state index < -0.39 is 40.4 Å². The standard InChI is InChI=1S/C34H54O10/c1-19-17-40-12-10-39-11-13-41-18-25(19)34(9,31(38)44-33(6,7)8)16-24-22-14-21(15-23(22)29(36)43-32(3,4)5)27(24)26-20(2)28(35)42-30(26)37/h19-27H,10-18H2,1-9H3. The smallest absolute Gasteiger partial charge is 0.317 e. The number of hydrogen-bond donors (Lipinski definition) is 0. The van der Waals surface area contributed by atoms with E-state index in [1.165, 1.54) is 0 Å². The third-order valence-electron chi connectivity index (χ3n) is 10.2. The van der Waals surface area contributed by atoms with Crippen LogP contribution in [0.25, 0.3) is 0 Å². The first-order valence-corrected chi connectivity index (χ1v) is 16.4. The highest BCUT2D eigenvalue weighted by Gasteiger charge is 2.63. The monoisotopic (exact) mass is 622 g/mol. The van der Waals surface area contributed by atoms with Gasteiger partial charge in [-0.05, 0) is 97.3 Å². The number of esters is 4. The first-order valence-electron chi connectivity index (χ1n) is 16.4. The molecule has 2 heterocycles. The van der Waals surface area contributed by atoms with Crippen molar-refractivity contribution in [2.24, 2.45) is 58.7 Å². The van der Waals surface area contributed by atoms with E-state index in [1.54, 1.807) is 6.92 Å². The molecular weight excluding hydrogens is 568 g/mol. The van der Waals surface area contributed by atoms with Gasteiger partial charge in [0, 0.05) is 12.5 Å². The zero-order valence-electron chi connectivity index (χ0n) is 28.1. The molecule has 2 saturated heterocycles. The van der Waals surface area contributed by atoms with Gasteiger partial charge in [-0.3, -0.25) is 19.2 Å². The molecule has 10 nitrogen and oxygen atoms in total. The second-order valence-electron chi connectivity index (χ2n) is 15.8. The molecule has 10 heteroatoms. The molecule has 2 bridgehead atoms. The molecule has 250 valence electrons. The second-order valence-corrected chi connectivity index (χ2v) is 15.8. The van der Waals surface area contributed by atoms with Gasteiger partial charge in [-0.25, -0.2) is 0 Å². The van der Waals surface area contributed by atoms with Crippen molar-refractivity contribution in [2.75, 3.05) is 39.6 Å². The number of cyclic esters (lactones) is 2. The van der Waals surface area contributed by atoms with E-state index in [-0.39, 0.29) is 53.4 Å². The number of carbonyl (C=O) groups is 4. The van der Waals surface area contributed by atoms with Gasteiger partial charge in [0.1, 0.15) is 11.2 Å². The lowest BCUT2D eigenvalue weighted by molar-refractivity contribution is -0.178. The highest BCUT2D eigenvalue weighted by atomic mass is 16.6. The Morgan fingerprint density at radius 3 is 1.95 bits per heavy atom. The Morgan fingerprint density at radius 2 is 1.39 bits per heavy atom. The summed E-state index contributed by atoms with van der Waals surface area (Å²) in [4.78, 5) is 53.6. The normalized spacial score (nSPS) is 36.7. The van der Waals surface area contributed by atoms with Crippen LogP contribution in [0.1, 0.15) is 81.6 Å². The van der Waals surface area contributed by atoms with Crippen LogP contribution in [0.4, 0.5) is 0 Å². The van der Waals surface area contributed by atoms with E-state index in [1.807, 2.05) is 48.5 Å². The third-order valence-corrected chi connectivity index (χ3v) is 10.2. The molecule has 0 N–H and O–H groups in total. The molecule has 0 amide bonds. The molecule has 2 aliphatic heterocycles. The summed E-state index contributed by atoms with van der Waals surface area (Å²) in [6, 6.07) is 0. The average Bonchev–Trinajstić information content (AvgIpc) is 3.53. The van der Waals surface area contributed by atoms with Crippen LogP contribution in [0, 0.1) is 58.7 Å². The Labute approximate surface area is 262 Å². The number of rotatable bonds is 6. The summed E-state index contributed by atoms with van der Waals surface area (Å²) in [5.41, 5.74) is -2.42. The molecule has 0 aromatic rings. The van der Waals surface area contributed by atoms with E-state index in [0.29, 0.717) is 52.5 Å². The van der Waals surface area contributed by atoms with Crippen LogP contribution in [0.3, 0.4) is 0 Å². The maximum Gasteiger partial charge on any atom is 0.317 e. The van der Waals surface area contributed by atoms with E-state index in [9.17, 15) is 19.2 Å². The van der Waals surface area contributed by atoms with E-state index >= 15 is 0 Å². The van der Waals surface area contributed by atoms with Gasteiger partial charge in [0.25, 0.3) is 0 Å². The lowest BCUT2D eigenvalue weighted by Gasteiger charge is -2.46. The molecule has 10 unspecified atom stereocenters. The van der Waals surface area contributed by atoms with Crippen LogP contribution < -0.4 is 0 Å². The van der Waals surface area contributed by atoms with Gasteiger partial charge >= 0.3 is 23.9 Å². The van der Waals surface area contributed by atoms with Crippen molar-refractivity contribution >= 4 is 23.9 Å². The zero-order valence-corrected chi connectivity index (χ0v) is 28.1. The Balaban J connectivity index is 1.75. The highest BCUT2D eigenvalue weighted by molar-refractivity contribution is 5.96. The van der Waals surface area contributed by atoms with Gasteiger partial charge in [0.05, 0.1) is 56.2 Å². The first-order chi connectivity index (χ1) is 20.4. The van der Waals surface area contributed by atoms with Crippen molar-refractivity contribution in [3.8, 4) is 0 Å². The molecule has 0 aromatic carbocycles. The van der Waals surface area contributed by atoms with Crippen LogP contribution in [0.5, 0.6) is 0 Å². The van der Waals surface area contributed by atoms with Crippen molar-refractivity contribution in [3.63, 3.8) is 0 Å². The van der Waals surface area contributed by atoms with Gasteiger partial charge < -0.3 is 28.4 Å². The van der Waals surface area contributed by atoms with Crippen molar-refractivity contribution in [2.45, 2.75) is 92.8 Å². The molecular formula is C34H54O10. The number of ether oxygens (including phenoxy) is 6. The second kappa shape index (κ2) is 13.4. The summed E-state index contributed by atoms with van der Waals surface area (Å²) < 4.78 is 34.7. The SMILES string of the molecule is CC1COCCOCCOCC1C(C)(CC1C2CC(CC2C(=O)OC(C)(C)C)C1C1C(=O)OC(=O)C1C)C(=O)OC(C)(C)C. The maximum absolute atomic E-state index is 14.4. The van der Waals surface area contributed by atoms with E-state index in [4.69, 9.17) is 28.4 Å². The lowest BCUT2D eigenvalue weighted by Crippen LogP contribution is -2.50. The number of carbonyl (C=O) groups excluding carboxylic acids is 4. The summed E-state index contributed by atoms with van der Waals surface area (Å²) in [5.74, 6) is -4.03. The fourth-order valence-electron chi connectivity index (χ4n) is 8.31. The Kier molecular flexibility index (Phi) is 10.6. The fourth-order valence-corrected chi connectivity index (χ4v) is 8.31. The van der Waals surface area contributed by atoms with Gasteiger partial charge in [-0.15, -0.1) is 0 Å². The van der Waals surface area contributed by atoms with Crippen molar-refractivity contribution in [1.29, 1.82) is 0 Å². The van der Waals surface area contributed by atoms with Crippen LogP contribution in [-0.4, -0.2) is 74.7 Å². The molecule has 2 aliphatic carbocycles. The van der Waals surface area contributed by atoms with Gasteiger partial charge in [0.2, 0.25) is 0 Å². The van der Waals surface area contributed by atoms with Gasteiger partial charge in [0.15, 0.2) is 0 Å². The minimum atomic E-state index is -1.05. The summed E-state index contributed by atoms with van der Waals surface area (Å²) in [7, 11) is 0. The minimum absolute atomic E-state index is 0.0259.